The third-order valence-electron chi connectivity index (χ3n) is 4.37. The van der Waals surface area contributed by atoms with E-state index in [2.05, 4.69) is 0 Å². The molecular formula is C19H26NO3PS. The molecule has 0 saturated heterocycles. The molecule has 0 fully saturated rings. The van der Waals surface area contributed by atoms with E-state index in [1.165, 1.54) is 11.3 Å². The van der Waals surface area contributed by atoms with Gasteiger partial charge in [0.05, 0.1) is 5.69 Å². The molecule has 136 valence electrons. The summed E-state index contributed by atoms with van der Waals surface area (Å²) in [4.78, 5) is 12.9. The number of benzene rings is 1. The summed E-state index contributed by atoms with van der Waals surface area (Å²) in [5.74, 6) is -0.983. The molecule has 0 bridgehead atoms. The van der Waals surface area contributed by atoms with Crippen molar-refractivity contribution in [3.8, 4) is 0 Å². The molecule has 0 amide bonds. The minimum Gasteiger partial charge on any atom is -0.477 e. The molecule has 0 aliphatic carbocycles. The van der Waals surface area contributed by atoms with E-state index < -0.39 is 13.3 Å². The Morgan fingerprint density at radius 2 is 1.80 bits per heavy atom. The van der Waals surface area contributed by atoms with E-state index in [-0.39, 0.29) is 10.3 Å². The van der Waals surface area contributed by atoms with E-state index in [0.29, 0.717) is 5.69 Å². The van der Waals surface area contributed by atoms with Crippen molar-refractivity contribution in [3.63, 3.8) is 0 Å². The number of thiophene rings is 1. The highest BCUT2D eigenvalue weighted by atomic mass is 32.1. The lowest BCUT2D eigenvalue weighted by Crippen LogP contribution is -2.24. The lowest BCUT2D eigenvalue weighted by Gasteiger charge is -2.28. The van der Waals surface area contributed by atoms with Crippen molar-refractivity contribution in [3.05, 3.63) is 45.1 Å². The Labute approximate surface area is 153 Å². The number of hydrogen-bond donors (Lipinski definition) is 1. The van der Waals surface area contributed by atoms with Crippen LogP contribution in [0.2, 0.25) is 0 Å². The zero-order chi connectivity index (χ0) is 19.2. The number of aryl methyl sites for hydroxylation is 2. The Morgan fingerprint density at radius 1 is 1.20 bits per heavy atom. The maximum atomic E-state index is 13.6. The molecule has 0 spiro atoms. The summed E-state index contributed by atoms with van der Waals surface area (Å²) < 4.78 is 15.3. The SMILES string of the molecule is Cc1ccc(P(C)(=O)N(C)c2cc(C(C)(C)C)sc2C(=O)O)c(C)c1. The van der Waals surface area contributed by atoms with Crippen LogP contribution < -0.4 is 9.97 Å². The normalized spacial score (nSPS) is 14.2. The zero-order valence-corrected chi connectivity index (χ0v) is 17.6. The van der Waals surface area contributed by atoms with Crippen LogP contribution >= 0.6 is 18.6 Å². The summed E-state index contributed by atoms with van der Waals surface area (Å²) in [6.07, 6.45) is 0. The lowest BCUT2D eigenvalue weighted by molar-refractivity contribution is 0.0703. The average molecular weight is 379 g/mol. The molecule has 0 aliphatic heterocycles. The van der Waals surface area contributed by atoms with Crippen molar-refractivity contribution >= 4 is 35.6 Å². The third kappa shape index (κ3) is 3.83. The van der Waals surface area contributed by atoms with Gasteiger partial charge in [-0.05, 0) is 37.0 Å². The fourth-order valence-electron chi connectivity index (χ4n) is 2.78. The molecule has 6 heteroatoms. The standard InChI is InChI=1S/C19H26NO3PS/c1-12-8-9-15(13(2)10-12)24(7,23)20(6)14-11-16(19(3,4)5)25-17(14)18(21)22/h8-11H,1-7H3,(H,21,22). The maximum Gasteiger partial charge on any atom is 0.348 e. The number of nitrogens with zero attached hydrogens (tertiary/aromatic N) is 1. The molecule has 2 aromatic rings. The monoisotopic (exact) mass is 379 g/mol. The Bertz CT molecular complexity index is 864. The van der Waals surface area contributed by atoms with Crippen molar-refractivity contribution in [1.82, 2.24) is 0 Å². The van der Waals surface area contributed by atoms with Crippen molar-refractivity contribution in [2.24, 2.45) is 0 Å². The summed E-state index contributed by atoms with van der Waals surface area (Å²) in [7, 11) is -1.22. The number of hydrogen-bond acceptors (Lipinski definition) is 3. The number of carbonyl (C=O) groups is 1. The van der Waals surface area contributed by atoms with Crippen molar-refractivity contribution in [2.75, 3.05) is 18.4 Å². The summed E-state index contributed by atoms with van der Waals surface area (Å²) in [5.41, 5.74) is 2.43. The summed E-state index contributed by atoms with van der Waals surface area (Å²) in [6, 6.07) is 7.71. The average Bonchev–Trinajstić information content (AvgIpc) is 2.91. The summed E-state index contributed by atoms with van der Waals surface area (Å²) >= 11 is 1.26. The Balaban J connectivity index is 2.59. The lowest BCUT2D eigenvalue weighted by atomic mass is 9.94. The van der Waals surface area contributed by atoms with Crippen LogP contribution in [0.3, 0.4) is 0 Å². The van der Waals surface area contributed by atoms with Gasteiger partial charge in [-0.1, -0.05) is 38.5 Å². The first-order valence-electron chi connectivity index (χ1n) is 8.13. The van der Waals surface area contributed by atoms with Crippen LogP contribution in [-0.4, -0.2) is 24.8 Å². The van der Waals surface area contributed by atoms with E-state index in [1.807, 2.05) is 58.9 Å². The van der Waals surface area contributed by atoms with E-state index in [9.17, 15) is 14.5 Å². The smallest absolute Gasteiger partial charge is 0.348 e. The third-order valence-corrected chi connectivity index (χ3v) is 8.66. The molecule has 1 heterocycles. The molecule has 0 radical (unpaired) electrons. The first-order chi connectivity index (χ1) is 11.4. The molecule has 1 atom stereocenters. The first-order valence-corrected chi connectivity index (χ1v) is 11.0. The van der Waals surface area contributed by atoms with Crippen LogP contribution in [0, 0.1) is 13.8 Å². The van der Waals surface area contributed by atoms with E-state index in [0.717, 1.165) is 21.3 Å². The zero-order valence-electron chi connectivity index (χ0n) is 15.9. The second-order valence-corrected chi connectivity index (χ2v) is 11.5. The van der Waals surface area contributed by atoms with Gasteiger partial charge in [0.1, 0.15) is 4.88 Å². The minimum absolute atomic E-state index is 0.161. The molecule has 1 aromatic heterocycles. The number of aromatic carboxylic acids is 1. The van der Waals surface area contributed by atoms with Gasteiger partial charge in [-0.25, -0.2) is 4.79 Å². The number of rotatable bonds is 4. The second-order valence-electron chi connectivity index (χ2n) is 7.57. The van der Waals surface area contributed by atoms with E-state index in [1.54, 1.807) is 18.4 Å². The molecular weight excluding hydrogens is 353 g/mol. The Morgan fingerprint density at radius 3 is 2.28 bits per heavy atom. The molecule has 25 heavy (non-hydrogen) atoms. The summed E-state index contributed by atoms with van der Waals surface area (Å²) in [6.45, 7) is 11.8. The molecule has 1 unspecified atom stereocenters. The molecule has 0 saturated carbocycles. The molecule has 0 aliphatic rings. The quantitative estimate of drug-likeness (QED) is 0.757. The molecule has 2 rings (SSSR count). The number of carboxylic acids is 1. The van der Waals surface area contributed by atoms with Gasteiger partial charge in [-0.2, -0.15) is 0 Å². The van der Waals surface area contributed by atoms with Crippen LogP contribution in [0.25, 0.3) is 0 Å². The van der Waals surface area contributed by atoms with Gasteiger partial charge in [0.2, 0.25) is 0 Å². The molecule has 4 nitrogen and oxygen atoms in total. The van der Waals surface area contributed by atoms with Crippen molar-refractivity contribution in [2.45, 2.75) is 40.0 Å². The van der Waals surface area contributed by atoms with Gasteiger partial charge < -0.3 is 9.78 Å². The van der Waals surface area contributed by atoms with Crippen LogP contribution in [0.4, 0.5) is 5.69 Å². The van der Waals surface area contributed by atoms with Crippen LogP contribution in [0.15, 0.2) is 24.3 Å². The predicted molar refractivity (Wildman–Crippen MR) is 107 cm³/mol. The summed E-state index contributed by atoms with van der Waals surface area (Å²) in [5, 5.41) is 10.4. The van der Waals surface area contributed by atoms with Gasteiger partial charge in [0.15, 0.2) is 7.29 Å². The fraction of sp³-hybridized carbons (Fsp3) is 0.421. The number of anilines is 1. The van der Waals surface area contributed by atoms with Gasteiger partial charge in [0, 0.05) is 23.9 Å². The largest absolute Gasteiger partial charge is 0.477 e. The first kappa shape index (κ1) is 19.7. The predicted octanol–water partition coefficient (Wildman–Crippen LogP) is 5.03. The molecule has 1 N–H and O–H groups in total. The van der Waals surface area contributed by atoms with Crippen molar-refractivity contribution < 1.29 is 14.5 Å². The van der Waals surface area contributed by atoms with Gasteiger partial charge in [-0.15, -0.1) is 11.3 Å². The van der Waals surface area contributed by atoms with Crippen LogP contribution in [0.1, 0.15) is 46.4 Å². The molecule has 1 aromatic carbocycles. The van der Waals surface area contributed by atoms with Crippen molar-refractivity contribution in [1.29, 1.82) is 0 Å². The van der Waals surface area contributed by atoms with E-state index >= 15 is 0 Å². The number of carboxylic acid groups (broad SMARTS) is 1. The van der Waals surface area contributed by atoms with Gasteiger partial charge in [0.25, 0.3) is 0 Å². The maximum absolute atomic E-state index is 13.6. The highest BCUT2D eigenvalue weighted by Crippen LogP contribution is 2.50. The Kier molecular flexibility index (Phi) is 5.23. The van der Waals surface area contributed by atoms with E-state index in [4.69, 9.17) is 0 Å². The highest BCUT2D eigenvalue weighted by molar-refractivity contribution is 7.72. The van der Waals surface area contributed by atoms with Gasteiger partial charge >= 0.3 is 5.97 Å². The van der Waals surface area contributed by atoms with Crippen LogP contribution in [-0.2, 0) is 9.98 Å². The highest BCUT2D eigenvalue weighted by Gasteiger charge is 2.32. The topological polar surface area (TPSA) is 57.6 Å². The van der Waals surface area contributed by atoms with Gasteiger partial charge in [-0.3, -0.25) is 4.57 Å². The second kappa shape index (κ2) is 6.62. The van der Waals surface area contributed by atoms with Crippen LogP contribution in [0.5, 0.6) is 0 Å². The Hall–Kier alpha value is -1.58. The minimum atomic E-state index is -2.94. The fourth-order valence-corrected chi connectivity index (χ4v) is 5.90.